The average Bonchev–Trinajstić information content (AvgIpc) is 3.19. The number of sulfonamides is 1. The summed E-state index contributed by atoms with van der Waals surface area (Å²) >= 11 is 6.01. The van der Waals surface area contributed by atoms with Crippen molar-refractivity contribution in [2.75, 3.05) is 14.1 Å². The lowest BCUT2D eigenvalue weighted by Gasteiger charge is -2.14. The number of rotatable bonds is 6. The number of nitrogens with zero attached hydrogens (tertiary/aromatic N) is 3. The largest absolute Gasteiger partial charge is 0.341 e. The van der Waals surface area contributed by atoms with Gasteiger partial charge in [0.2, 0.25) is 21.7 Å². The lowest BCUT2D eigenvalue weighted by atomic mass is 10.2. The quantitative estimate of drug-likeness (QED) is 0.615. The Morgan fingerprint density at radius 1 is 1.20 bits per heavy atom. The van der Waals surface area contributed by atoms with Crippen molar-refractivity contribution in [2.45, 2.75) is 17.9 Å². The van der Waals surface area contributed by atoms with Crippen molar-refractivity contribution in [2.24, 2.45) is 0 Å². The van der Waals surface area contributed by atoms with E-state index in [9.17, 15) is 17.6 Å². The van der Waals surface area contributed by atoms with Gasteiger partial charge in [0.25, 0.3) is 5.91 Å². The first-order valence-corrected chi connectivity index (χ1v) is 10.5. The lowest BCUT2D eigenvalue weighted by Crippen LogP contribution is -2.28. The predicted octanol–water partition coefficient (Wildman–Crippen LogP) is 3.27. The van der Waals surface area contributed by atoms with Crippen LogP contribution in [-0.4, -0.2) is 42.9 Å². The molecule has 0 aliphatic carbocycles. The molecule has 0 fully saturated rings. The SMILES string of the molecule is CC(NC(=O)c1ccc(Cl)c(S(=O)(=O)N(C)C)c1)c1nc(-c2ccc(F)cc2)no1. The van der Waals surface area contributed by atoms with E-state index in [1.807, 2.05) is 0 Å². The van der Waals surface area contributed by atoms with Crippen molar-refractivity contribution in [3.8, 4) is 11.4 Å². The van der Waals surface area contributed by atoms with E-state index in [4.69, 9.17) is 16.1 Å². The van der Waals surface area contributed by atoms with Crippen LogP contribution in [0.3, 0.4) is 0 Å². The molecule has 0 aliphatic rings. The van der Waals surface area contributed by atoms with E-state index in [1.165, 1.54) is 56.6 Å². The first-order chi connectivity index (χ1) is 14.1. The van der Waals surface area contributed by atoms with Crippen LogP contribution in [-0.2, 0) is 10.0 Å². The van der Waals surface area contributed by atoms with Gasteiger partial charge in [-0.25, -0.2) is 17.1 Å². The molecule has 0 bridgehead atoms. The minimum absolute atomic E-state index is 0.00846. The fourth-order valence-corrected chi connectivity index (χ4v) is 3.90. The third kappa shape index (κ3) is 4.50. The molecule has 1 amide bonds. The average molecular weight is 453 g/mol. The summed E-state index contributed by atoms with van der Waals surface area (Å²) < 4.78 is 44.0. The third-order valence-electron chi connectivity index (χ3n) is 4.21. The first kappa shape index (κ1) is 21.9. The molecule has 8 nitrogen and oxygen atoms in total. The summed E-state index contributed by atoms with van der Waals surface area (Å²) in [5.41, 5.74) is 0.658. The molecular weight excluding hydrogens is 435 g/mol. The molecule has 1 atom stereocenters. The van der Waals surface area contributed by atoms with E-state index in [1.54, 1.807) is 6.92 Å². The van der Waals surface area contributed by atoms with E-state index < -0.39 is 22.0 Å². The number of aromatic nitrogens is 2. The number of amides is 1. The second kappa shape index (κ2) is 8.50. The molecule has 0 aliphatic heterocycles. The Morgan fingerprint density at radius 2 is 1.87 bits per heavy atom. The van der Waals surface area contributed by atoms with Crippen LogP contribution in [0.1, 0.15) is 29.2 Å². The molecule has 0 saturated carbocycles. The van der Waals surface area contributed by atoms with Crippen molar-refractivity contribution >= 4 is 27.5 Å². The third-order valence-corrected chi connectivity index (χ3v) is 6.51. The van der Waals surface area contributed by atoms with Gasteiger partial charge in [-0.15, -0.1) is 0 Å². The van der Waals surface area contributed by atoms with Crippen molar-refractivity contribution in [1.82, 2.24) is 19.8 Å². The second-order valence-electron chi connectivity index (χ2n) is 6.59. The Hall–Kier alpha value is -2.82. The van der Waals surface area contributed by atoms with Gasteiger partial charge in [-0.3, -0.25) is 4.79 Å². The molecule has 0 saturated heterocycles. The van der Waals surface area contributed by atoms with Crippen molar-refractivity contribution in [1.29, 1.82) is 0 Å². The number of halogens is 2. The van der Waals surface area contributed by atoms with Gasteiger partial charge in [-0.2, -0.15) is 4.98 Å². The van der Waals surface area contributed by atoms with Crippen molar-refractivity contribution in [3.05, 3.63) is 64.8 Å². The molecule has 1 N–H and O–H groups in total. The number of hydrogen-bond donors (Lipinski definition) is 1. The van der Waals surface area contributed by atoms with E-state index in [0.29, 0.717) is 5.56 Å². The summed E-state index contributed by atoms with van der Waals surface area (Å²) in [7, 11) is -1.08. The van der Waals surface area contributed by atoms with Crippen molar-refractivity contribution < 1.29 is 22.1 Å². The van der Waals surface area contributed by atoms with E-state index in [2.05, 4.69) is 15.5 Å². The van der Waals surface area contributed by atoms with Crippen LogP contribution < -0.4 is 5.32 Å². The number of hydrogen-bond acceptors (Lipinski definition) is 6. The summed E-state index contributed by atoms with van der Waals surface area (Å²) in [6.45, 7) is 1.63. The van der Waals surface area contributed by atoms with E-state index >= 15 is 0 Å². The minimum Gasteiger partial charge on any atom is -0.341 e. The molecule has 1 aromatic heterocycles. The van der Waals surface area contributed by atoms with Crippen LogP contribution in [0.25, 0.3) is 11.4 Å². The number of nitrogens with one attached hydrogen (secondary N) is 1. The minimum atomic E-state index is -3.82. The molecule has 1 unspecified atom stereocenters. The van der Waals surface area contributed by atoms with Crippen LogP contribution in [0.15, 0.2) is 51.9 Å². The highest BCUT2D eigenvalue weighted by molar-refractivity contribution is 7.89. The zero-order valence-corrected chi connectivity index (χ0v) is 17.8. The zero-order valence-electron chi connectivity index (χ0n) is 16.3. The molecular formula is C19H18ClFN4O4S. The van der Waals surface area contributed by atoms with Gasteiger partial charge in [-0.1, -0.05) is 16.8 Å². The Bertz CT molecular complexity index is 1180. The Morgan fingerprint density at radius 3 is 2.50 bits per heavy atom. The number of benzene rings is 2. The lowest BCUT2D eigenvalue weighted by molar-refractivity contribution is 0.0932. The standard InChI is InChI=1S/C19H18ClFN4O4S/c1-11(19-23-17(24-29-19)12-4-7-14(21)8-5-12)22-18(26)13-6-9-15(20)16(10-13)30(27,28)25(2)3/h4-11H,1-3H3,(H,22,26). The topological polar surface area (TPSA) is 105 Å². The molecule has 2 aromatic carbocycles. The van der Waals surface area contributed by atoms with Gasteiger partial charge >= 0.3 is 0 Å². The Labute approximate surface area is 177 Å². The van der Waals surface area contributed by atoms with Gasteiger partial charge < -0.3 is 9.84 Å². The highest BCUT2D eigenvalue weighted by atomic mass is 35.5. The Kier molecular flexibility index (Phi) is 6.20. The van der Waals surface area contributed by atoms with E-state index in [0.717, 1.165) is 4.31 Å². The predicted molar refractivity (Wildman–Crippen MR) is 108 cm³/mol. The van der Waals surface area contributed by atoms with Crippen LogP contribution in [0.2, 0.25) is 5.02 Å². The van der Waals surface area contributed by atoms with Crippen molar-refractivity contribution in [3.63, 3.8) is 0 Å². The fourth-order valence-electron chi connectivity index (χ4n) is 2.51. The maximum atomic E-state index is 13.1. The summed E-state index contributed by atoms with van der Waals surface area (Å²) in [4.78, 5) is 16.6. The first-order valence-electron chi connectivity index (χ1n) is 8.72. The summed E-state index contributed by atoms with van der Waals surface area (Å²) in [5, 5.41) is 6.51. The summed E-state index contributed by atoms with van der Waals surface area (Å²) in [5.74, 6) is -0.549. The molecule has 1 heterocycles. The summed E-state index contributed by atoms with van der Waals surface area (Å²) in [6.07, 6.45) is 0. The molecule has 3 aromatic rings. The fraction of sp³-hybridized carbons (Fsp3) is 0.211. The molecule has 3 rings (SSSR count). The maximum absolute atomic E-state index is 13.1. The smallest absolute Gasteiger partial charge is 0.251 e. The van der Waals surface area contributed by atoms with Crippen LogP contribution >= 0.6 is 11.6 Å². The summed E-state index contributed by atoms with van der Waals surface area (Å²) in [6, 6.07) is 8.86. The van der Waals surface area contributed by atoms with Gasteiger partial charge in [0, 0.05) is 25.2 Å². The zero-order chi connectivity index (χ0) is 22.1. The van der Waals surface area contributed by atoms with Gasteiger partial charge in [-0.05, 0) is 49.4 Å². The van der Waals surface area contributed by atoms with Gasteiger partial charge in [0.05, 0.1) is 5.02 Å². The van der Waals surface area contributed by atoms with E-state index in [-0.39, 0.29) is 33.0 Å². The molecule has 0 spiro atoms. The second-order valence-corrected chi connectivity index (χ2v) is 9.12. The monoisotopic (exact) mass is 452 g/mol. The maximum Gasteiger partial charge on any atom is 0.251 e. The van der Waals surface area contributed by atoms with Crippen LogP contribution in [0.5, 0.6) is 0 Å². The number of carbonyl (C=O) groups is 1. The molecule has 0 radical (unpaired) electrons. The molecule has 158 valence electrons. The van der Waals surface area contributed by atoms with Gasteiger partial charge in [0.1, 0.15) is 16.8 Å². The van der Waals surface area contributed by atoms with Crippen LogP contribution in [0.4, 0.5) is 4.39 Å². The van der Waals surface area contributed by atoms with Gasteiger partial charge in [0.15, 0.2) is 0 Å². The highest BCUT2D eigenvalue weighted by Gasteiger charge is 2.24. The molecule has 11 heteroatoms. The number of carbonyl (C=O) groups excluding carboxylic acids is 1. The van der Waals surface area contributed by atoms with Crippen LogP contribution in [0, 0.1) is 5.82 Å². The highest BCUT2D eigenvalue weighted by Crippen LogP contribution is 2.25. The molecule has 30 heavy (non-hydrogen) atoms. The Balaban J connectivity index is 1.79. The normalized spacial score (nSPS) is 12.7.